The lowest BCUT2D eigenvalue weighted by Gasteiger charge is -2.09. The van der Waals surface area contributed by atoms with Crippen molar-refractivity contribution in [2.75, 3.05) is 26.0 Å². The molecular weight excluding hydrogens is 426 g/mol. The number of aromatic nitrogens is 2. The molecule has 2 amide bonds. The zero-order valence-corrected chi connectivity index (χ0v) is 18.9. The Hall–Kier alpha value is -3.28. The van der Waals surface area contributed by atoms with Crippen molar-refractivity contribution in [3.05, 3.63) is 38.0 Å². The van der Waals surface area contributed by atoms with Gasteiger partial charge in [0.2, 0.25) is 5.91 Å². The zero-order valence-electron chi connectivity index (χ0n) is 18.1. The van der Waals surface area contributed by atoms with Crippen LogP contribution in [0.5, 0.6) is 0 Å². The standard InChI is InChI=1S/C19H25N5O6S/c1-6-9-30-19(27)15-11(2)16(18(26)22(4)5)31-17(15)20-14(25)7-8-23-10-13(24(28)29)12(3)21-23/h10H,6-9H2,1-5H3,(H,20,25). The summed E-state index contributed by atoms with van der Waals surface area (Å²) in [6.07, 6.45) is 1.87. The van der Waals surface area contributed by atoms with Crippen LogP contribution >= 0.6 is 11.3 Å². The summed E-state index contributed by atoms with van der Waals surface area (Å²) in [5, 5.41) is 17.9. The molecule has 31 heavy (non-hydrogen) atoms. The van der Waals surface area contributed by atoms with Gasteiger partial charge in [0.1, 0.15) is 16.9 Å². The number of esters is 1. The van der Waals surface area contributed by atoms with E-state index >= 15 is 0 Å². The minimum Gasteiger partial charge on any atom is -0.462 e. The van der Waals surface area contributed by atoms with Crippen molar-refractivity contribution >= 4 is 39.8 Å². The molecule has 0 radical (unpaired) electrons. The summed E-state index contributed by atoms with van der Waals surface area (Å²) in [5.41, 5.74) is 0.732. The van der Waals surface area contributed by atoms with E-state index in [1.165, 1.54) is 22.7 Å². The van der Waals surface area contributed by atoms with E-state index in [-0.39, 0.29) is 47.4 Å². The third kappa shape index (κ3) is 5.66. The van der Waals surface area contributed by atoms with Gasteiger partial charge in [-0.15, -0.1) is 11.3 Å². The second-order valence-electron chi connectivity index (χ2n) is 7.01. The van der Waals surface area contributed by atoms with Crippen LogP contribution in [-0.2, 0) is 16.1 Å². The lowest BCUT2D eigenvalue weighted by molar-refractivity contribution is -0.385. The Kier molecular flexibility index (Phi) is 7.86. The topological polar surface area (TPSA) is 137 Å². The van der Waals surface area contributed by atoms with Gasteiger partial charge in [-0.25, -0.2) is 4.79 Å². The maximum atomic E-state index is 12.5. The lowest BCUT2D eigenvalue weighted by Crippen LogP contribution is -2.21. The van der Waals surface area contributed by atoms with Crippen molar-refractivity contribution in [3.8, 4) is 0 Å². The fourth-order valence-electron chi connectivity index (χ4n) is 2.73. The second kappa shape index (κ2) is 10.2. The molecule has 0 atom stereocenters. The van der Waals surface area contributed by atoms with E-state index in [0.29, 0.717) is 16.9 Å². The smallest absolute Gasteiger partial charge is 0.341 e. The minimum atomic E-state index is -0.609. The first-order valence-electron chi connectivity index (χ1n) is 9.57. The third-order valence-corrected chi connectivity index (χ3v) is 5.52. The zero-order chi connectivity index (χ0) is 23.3. The van der Waals surface area contributed by atoms with Crippen LogP contribution in [0.25, 0.3) is 0 Å². The predicted octanol–water partition coefficient (Wildman–Crippen LogP) is 2.77. The van der Waals surface area contributed by atoms with Crippen LogP contribution < -0.4 is 5.32 Å². The Labute approximate surface area is 183 Å². The average Bonchev–Trinajstić information content (AvgIpc) is 3.23. The molecule has 0 unspecified atom stereocenters. The fourth-order valence-corrected chi connectivity index (χ4v) is 3.96. The molecule has 0 aliphatic rings. The number of hydrogen-bond acceptors (Lipinski definition) is 8. The van der Waals surface area contributed by atoms with Gasteiger partial charge in [0.05, 0.1) is 22.0 Å². The fraction of sp³-hybridized carbons (Fsp3) is 0.474. The van der Waals surface area contributed by atoms with Crippen LogP contribution in [0.3, 0.4) is 0 Å². The highest BCUT2D eigenvalue weighted by Crippen LogP contribution is 2.34. The molecule has 0 saturated carbocycles. The second-order valence-corrected chi connectivity index (χ2v) is 8.03. The number of nitro groups is 1. The van der Waals surface area contributed by atoms with Crippen LogP contribution in [0.2, 0.25) is 0 Å². The third-order valence-electron chi connectivity index (χ3n) is 4.33. The number of anilines is 1. The summed E-state index contributed by atoms with van der Waals surface area (Å²) in [7, 11) is 3.19. The van der Waals surface area contributed by atoms with Crippen LogP contribution in [0.4, 0.5) is 10.7 Å². The first-order chi connectivity index (χ1) is 14.6. The highest BCUT2D eigenvalue weighted by atomic mass is 32.1. The molecule has 2 rings (SSSR count). The summed E-state index contributed by atoms with van der Waals surface area (Å²) in [4.78, 5) is 49.6. The maximum Gasteiger partial charge on any atom is 0.341 e. The van der Waals surface area contributed by atoms with Crippen molar-refractivity contribution in [3.63, 3.8) is 0 Å². The van der Waals surface area contributed by atoms with Gasteiger partial charge in [0.25, 0.3) is 5.91 Å². The Bertz CT molecular complexity index is 1010. The van der Waals surface area contributed by atoms with E-state index in [0.717, 1.165) is 11.3 Å². The highest BCUT2D eigenvalue weighted by molar-refractivity contribution is 7.18. The van der Waals surface area contributed by atoms with E-state index < -0.39 is 16.8 Å². The average molecular weight is 452 g/mol. The normalized spacial score (nSPS) is 10.6. The Morgan fingerprint density at radius 2 is 2.00 bits per heavy atom. The van der Waals surface area contributed by atoms with Gasteiger partial charge in [-0.2, -0.15) is 5.10 Å². The molecular formula is C19H25N5O6S. The van der Waals surface area contributed by atoms with Gasteiger partial charge in [0.15, 0.2) is 0 Å². The van der Waals surface area contributed by atoms with Crippen LogP contribution in [0, 0.1) is 24.0 Å². The molecule has 168 valence electrons. The molecule has 0 bridgehead atoms. The van der Waals surface area contributed by atoms with E-state index in [2.05, 4.69) is 10.4 Å². The molecule has 0 fully saturated rings. The van der Waals surface area contributed by atoms with Crippen molar-refractivity contribution < 1.29 is 24.0 Å². The summed E-state index contributed by atoms with van der Waals surface area (Å²) >= 11 is 1.01. The van der Waals surface area contributed by atoms with Crippen LogP contribution in [-0.4, -0.2) is 58.1 Å². The van der Waals surface area contributed by atoms with E-state index in [9.17, 15) is 24.5 Å². The monoisotopic (exact) mass is 451 g/mol. The number of rotatable bonds is 9. The number of nitrogens with one attached hydrogen (secondary N) is 1. The van der Waals surface area contributed by atoms with Crippen molar-refractivity contribution in [2.24, 2.45) is 0 Å². The number of carbonyl (C=O) groups excluding carboxylic acids is 3. The number of hydrogen-bond donors (Lipinski definition) is 1. The Morgan fingerprint density at radius 1 is 1.32 bits per heavy atom. The summed E-state index contributed by atoms with van der Waals surface area (Å²) in [6.45, 7) is 5.34. The predicted molar refractivity (Wildman–Crippen MR) is 115 cm³/mol. The molecule has 11 nitrogen and oxygen atoms in total. The number of ether oxygens (including phenoxy) is 1. The van der Waals surface area contributed by atoms with Crippen molar-refractivity contribution in [2.45, 2.75) is 40.2 Å². The summed E-state index contributed by atoms with van der Waals surface area (Å²) in [5.74, 6) is -1.32. The maximum absolute atomic E-state index is 12.5. The van der Waals surface area contributed by atoms with Gasteiger partial charge < -0.3 is 15.0 Å². The summed E-state index contributed by atoms with van der Waals surface area (Å²) in [6, 6.07) is 0. The van der Waals surface area contributed by atoms with E-state index in [1.807, 2.05) is 6.92 Å². The number of aryl methyl sites for hydroxylation is 2. The lowest BCUT2D eigenvalue weighted by atomic mass is 10.1. The summed E-state index contributed by atoms with van der Waals surface area (Å²) < 4.78 is 6.54. The Balaban J connectivity index is 2.21. The Morgan fingerprint density at radius 3 is 2.55 bits per heavy atom. The molecule has 12 heteroatoms. The van der Waals surface area contributed by atoms with E-state index in [1.54, 1.807) is 21.0 Å². The van der Waals surface area contributed by atoms with Gasteiger partial charge >= 0.3 is 11.7 Å². The minimum absolute atomic E-state index is 0.0321. The first kappa shape index (κ1) is 24.0. The SMILES string of the molecule is CCCOC(=O)c1c(NC(=O)CCn2cc([N+](=O)[O-])c(C)n2)sc(C(=O)N(C)C)c1C. The van der Waals surface area contributed by atoms with Crippen LogP contribution in [0.1, 0.15) is 51.1 Å². The number of carbonyl (C=O) groups is 3. The molecule has 0 aromatic carbocycles. The number of nitrogens with zero attached hydrogens (tertiary/aromatic N) is 4. The quantitative estimate of drug-likeness (QED) is 0.351. The van der Waals surface area contributed by atoms with Gasteiger partial charge in [-0.1, -0.05) is 6.92 Å². The molecule has 2 heterocycles. The molecule has 0 aliphatic heterocycles. The molecule has 2 aromatic heterocycles. The van der Waals surface area contributed by atoms with Crippen molar-refractivity contribution in [1.82, 2.24) is 14.7 Å². The number of thiophene rings is 1. The molecule has 0 saturated heterocycles. The molecule has 1 N–H and O–H groups in total. The van der Waals surface area contributed by atoms with Gasteiger partial charge in [-0.05, 0) is 25.8 Å². The molecule has 0 aliphatic carbocycles. The van der Waals surface area contributed by atoms with E-state index in [4.69, 9.17) is 4.74 Å². The van der Waals surface area contributed by atoms with Gasteiger partial charge in [-0.3, -0.25) is 24.4 Å². The van der Waals surface area contributed by atoms with Crippen LogP contribution in [0.15, 0.2) is 6.20 Å². The first-order valence-corrected chi connectivity index (χ1v) is 10.4. The highest BCUT2D eigenvalue weighted by Gasteiger charge is 2.27. The molecule has 2 aromatic rings. The number of amides is 2. The van der Waals surface area contributed by atoms with Crippen molar-refractivity contribution in [1.29, 1.82) is 0 Å². The largest absolute Gasteiger partial charge is 0.462 e. The van der Waals surface area contributed by atoms with Gasteiger partial charge in [0, 0.05) is 27.1 Å². The molecule has 0 spiro atoms.